The van der Waals surface area contributed by atoms with Crippen LogP contribution in [0.4, 0.5) is 0 Å². The maximum Gasteiger partial charge on any atom is 0.307 e. The van der Waals surface area contributed by atoms with Crippen molar-refractivity contribution in [1.82, 2.24) is 9.47 Å². The molecule has 112 valence electrons. The van der Waals surface area contributed by atoms with Crippen molar-refractivity contribution in [1.29, 1.82) is 0 Å². The maximum atomic E-state index is 12.4. The number of nitrogens with two attached hydrogens (primary N) is 1. The van der Waals surface area contributed by atoms with E-state index in [0.29, 0.717) is 25.4 Å². The summed E-state index contributed by atoms with van der Waals surface area (Å²) in [4.78, 5) is 25.9. The molecule has 1 aliphatic rings. The first-order valence-electron chi connectivity index (χ1n) is 7.17. The fraction of sp³-hybridized carbons (Fsp3) is 0.714. The molecule has 2 unspecified atom stereocenters. The minimum absolute atomic E-state index is 0.0120. The van der Waals surface area contributed by atoms with Crippen molar-refractivity contribution in [2.75, 3.05) is 13.1 Å². The lowest BCUT2D eigenvalue weighted by Gasteiger charge is -2.38. The van der Waals surface area contributed by atoms with Gasteiger partial charge in [0.2, 0.25) is 5.91 Å². The van der Waals surface area contributed by atoms with Crippen molar-refractivity contribution < 1.29 is 4.79 Å². The summed E-state index contributed by atoms with van der Waals surface area (Å²) in [5.74, 6) is 0.749. The Labute approximate surface area is 123 Å². The highest BCUT2D eigenvalue weighted by Gasteiger charge is 2.28. The molecule has 0 bridgehead atoms. The summed E-state index contributed by atoms with van der Waals surface area (Å²) in [6.07, 6.45) is 2.40. The molecule has 1 aromatic heterocycles. The van der Waals surface area contributed by atoms with Crippen LogP contribution in [0.3, 0.4) is 0 Å². The number of hydrogen-bond donors (Lipinski definition) is 1. The molecule has 1 saturated heterocycles. The fourth-order valence-corrected chi connectivity index (χ4v) is 3.59. The third-order valence-electron chi connectivity index (χ3n) is 4.10. The standard InChI is InChI=1S/C14H23N3O2S/c1-10-3-5-17(12(7-10)8-15)13(18)4-6-16-11(2)9-20-14(16)19/h9-10,12H,3-8,15H2,1-2H3. The molecule has 20 heavy (non-hydrogen) atoms. The van der Waals surface area contributed by atoms with Crippen LogP contribution in [0.1, 0.15) is 31.9 Å². The molecule has 1 amide bonds. The minimum atomic E-state index is 0.0120. The highest BCUT2D eigenvalue weighted by atomic mass is 32.1. The van der Waals surface area contributed by atoms with E-state index in [2.05, 4.69) is 6.92 Å². The summed E-state index contributed by atoms with van der Waals surface area (Å²) >= 11 is 1.19. The van der Waals surface area contributed by atoms with Gasteiger partial charge < -0.3 is 15.2 Å². The van der Waals surface area contributed by atoms with Crippen molar-refractivity contribution in [3.05, 3.63) is 20.7 Å². The quantitative estimate of drug-likeness (QED) is 0.908. The number of rotatable bonds is 4. The molecule has 0 aromatic carbocycles. The highest BCUT2D eigenvalue weighted by molar-refractivity contribution is 7.07. The molecule has 0 radical (unpaired) electrons. The molecule has 2 rings (SSSR count). The van der Waals surface area contributed by atoms with Crippen molar-refractivity contribution in [2.24, 2.45) is 11.7 Å². The molecule has 0 aliphatic carbocycles. The first-order valence-corrected chi connectivity index (χ1v) is 8.05. The third-order valence-corrected chi connectivity index (χ3v) is 4.98. The van der Waals surface area contributed by atoms with E-state index in [9.17, 15) is 9.59 Å². The summed E-state index contributed by atoms with van der Waals surface area (Å²) in [6, 6.07) is 0.159. The Morgan fingerprint density at radius 2 is 2.30 bits per heavy atom. The average Bonchev–Trinajstić information content (AvgIpc) is 2.75. The predicted molar refractivity (Wildman–Crippen MR) is 80.9 cm³/mol. The van der Waals surface area contributed by atoms with Crippen molar-refractivity contribution in [3.8, 4) is 0 Å². The van der Waals surface area contributed by atoms with Gasteiger partial charge in [0.15, 0.2) is 0 Å². The number of carbonyl (C=O) groups is 1. The maximum absolute atomic E-state index is 12.4. The third kappa shape index (κ3) is 3.30. The molecule has 0 saturated carbocycles. The van der Waals surface area contributed by atoms with Gasteiger partial charge in [-0.2, -0.15) is 0 Å². The van der Waals surface area contributed by atoms with Crippen molar-refractivity contribution in [2.45, 2.75) is 45.7 Å². The van der Waals surface area contributed by atoms with Gasteiger partial charge in [-0.05, 0) is 25.7 Å². The highest BCUT2D eigenvalue weighted by Crippen LogP contribution is 2.22. The largest absolute Gasteiger partial charge is 0.338 e. The van der Waals surface area contributed by atoms with E-state index >= 15 is 0 Å². The smallest absolute Gasteiger partial charge is 0.307 e. The summed E-state index contributed by atoms with van der Waals surface area (Å²) in [5.41, 5.74) is 6.71. The van der Waals surface area contributed by atoms with E-state index < -0.39 is 0 Å². The summed E-state index contributed by atoms with van der Waals surface area (Å²) in [6.45, 7) is 5.88. The first-order chi connectivity index (χ1) is 9.52. The summed E-state index contributed by atoms with van der Waals surface area (Å²) < 4.78 is 1.67. The van der Waals surface area contributed by atoms with Crippen LogP contribution < -0.4 is 10.6 Å². The SMILES string of the molecule is Cc1csc(=O)n1CCC(=O)N1CCC(C)CC1CN. The molecule has 1 fully saturated rings. The van der Waals surface area contributed by atoms with Crippen molar-refractivity contribution in [3.63, 3.8) is 0 Å². The first kappa shape index (κ1) is 15.3. The van der Waals surface area contributed by atoms with Gasteiger partial charge >= 0.3 is 4.87 Å². The van der Waals surface area contributed by atoms with E-state index in [1.165, 1.54) is 11.3 Å². The van der Waals surface area contributed by atoms with E-state index in [4.69, 9.17) is 5.73 Å². The second-order valence-electron chi connectivity index (χ2n) is 5.65. The monoisotopic (exact) mass is 297 g/mol. The van der Waals surface area contributed by atoms with Crippen molar-refractivity contribution >= 4 is 17.2 Å². The number of hydrogen-bond acceptors (Lipinski definition) is 4. The Bertz CT molecular complexity index is 523. The number of amides is 1. The van der Waals surface area contributed by atoms with E-state index in [0.717, 1.165) is 25.1 Å². The lowest BCUT2D eigenvalue weighted by Crippen LogP contribution is -2.49. The Balaban J connectivity index is 1.96. The second-order valence-corrected chi connectivity index (χ2v) is 6.47. The van der Waals surface area contributed by atoms with E-state index in [1.807, 2.05) is 17.2 Å². The minimum Gasteiger partial charge on any atom is -0.338 e. The number of aryl methyl sites for hydroxylation is 1. The van der Waals surface area contributed by atoms with Gasteiger partial charge in [0, 0.05) is 43.2 Å². The molecule has 2 heterocycles. The van der Waals surface area contributed by atoms with Gasteiger partial charge in [-0.3, -0.25) is 9.59 Å². The van der Waals surface area contributed by atoms with Crippen LogP contribution in [0.25, 0.3) is 0 Å². The van der Waals surface area contributed by atoms with E-state index in [-0.39, 0.29) is 16.8 Å². The zero-order chi connectivity index (χ0) is 14.7. The van der Waals surface area contributed by atoms with Crippen LogP contribution in [0.2, 0.25) is 0 Å². The molecule has 1 aliphatic heterocycles. The van der Waals surface area contributed by atoms with Crippen LogP contribution in [0, 0.1) is 12.8 Å². The number of thiazole rings is 1. The number of aromatic nitrogens is 1. The normalized spacial score (nSPS) is 23.1. The van der Waals surface area contributed by atoms with E-state index in [1.54, 1.807) is 4.57 Å². The molecule has 2 N–H and O–H groups in total. The molecule has 5 nitrogen and oxygen atoms in total. The van der Waals surface area contributed by atoms with Gasteiger partial charge in [-0.25, -0.2) is 0 Å². The Hall–Kier alpha value is -1.14. The average molecular weight is 297 g/mol. The van der Waals surface area contributed by atoms with Gasteiger partial charge in [0.25, 0.3) is 0 Å². The molecule has 0 spiro atoms. The van der Waals surface area contributed by atoms with Crippen LogP contribution in [0.15, 0.2) is 10.2 Å². The second kappa shape index (κ2) is 6.54. The number of piperidine rings is 1. The molecule has 6 heteroatoms. The zero-order valence-electron chi connectivity index (χ0n) is 12.2. The zero-order valence-corrected chi connectivity index (χ0v) is 13.0. The topological polar surface area (TPSA) is 68.3 Å². The molecule has 2 atom stereocenters. The molecular weight excluding hydrogens is 274 g/mol. The molecule has 1 aromatic rings. The van der Waals surface area contributed by atoms with Gasteiger partial charge in [-0.15, -0.1) is 0 Å². The van der Waals surface area contributed by atoms with Crippen LogP contribution in [-0.2, 0) is 11.3 Å². The Morgan fingerprint density at radius 3 is 2.90 bits per heavy atom. The number of carbonyl (C=O) groups excluding carboxylic acids is 1. The van der Waals surface area contributed by atoms with Crippen LogP contribution in [-0.4, -0.2) is 34.5 Å². The molecular formula is C14H23N3O2S. The fourth-order valence-electron chi connectivity index (χ4n) is 2.83. The summed E-state index contributed by atoms with van der Waals surface area (Å²) in [7, 11) is 0. The van der Waals surface area contributed by atoms with Crippen LogP contribution >= 0.6 is 11.3 Å². The van der Waals surface area contributed by atoms with Gasteiger partial charge in [0.1, 0.15) is 0 Å². The lowest BCUT2D eigenvalue weighted by molar-refractivity contribution is -0.135. The Morgan fingerprint density at radius 1 is 1.55 bits per heavy atom. The summed E-state index contributed by atoms with van der Waals surface area (Å²) in [5, 5.41) is 1.83. The van der Waals surface area contributed by atoms with Crippen LogP contribution in [0.5, 0.6) is 0 Å². The van der Waals surface area contributed by atoms with Gasteiger partial charge in [-0.1, -0.05) is 18.3 Å². The predicted octanol–water partition coefficient (Wildman–Crippen LogP) is 1.19. The number of nitrogens with zero attached hydrogens (tertiary/aromatic N) is 2. The van der Waals surface area contributed by atoms with Gasteiger partial charge in [0.05, 0.1) is 0 Å². The number of likely N-dealkylation sites (tertiary alicyclic amines) is 1. The lowest BCUT2D eigenvalue weighted by atomic mass is 9.92. The Kier molecular flexibility index (Phi) is 4.99.